The molecule has 0 saturated heterocycles. The zero-order chi connectivity index (χ0) is 62.0. The summed E-state index contributed by atoms with van der Waals surface area (Å²) in [6, 6.07) is -0.0753. The normalized spacial score (nSPS) is 13.4. The van der Waals surface area contributed by atoms with E-state index >= 15 is 0 Å². The second-order valence-corrected chi connectivity index (χ2v) is 26.7. The highest BCUT2D eigenvalue weighted by molar-refractivity contribution is 6.75. The molecule has 6 nitrogen and oxygen atoms in total. The molecule has 0 fully saturated rings. The molecule has 0 saturated carbocycles. The van der Waals surface area contributed by atoms with Gasteiger partial charge in [-0.15, -0.1) is 43.7 Å². The second kappa shape index (κ2) is 20.2. The van der Waals surface area contributed by atoms with Crippen LogP contribution in [0.2, 0.25) is 0 Å². The van der Waals surface area contributed by atoms with Gasteiger partial charge in [-0.1, -0.05) is 104 Å². The van der Waals surface area contributed by atoms with Crippen LogP contribution in [0.3, 0.4) is 0 Å². The van der Waals surface area contributed by atoms with Crippen molar-refractivity contribution in [2.75, 3.05) is 0 Å². The summed E-state index contributed by atoms with van der Waals surface area (Å²) in [7, 11) is 66.3. The molecule has 0 radical (unpaired) electrons. The Balaban J connectivity index is 1.16. The predicted molar refractivity (Wildman–Crippen MR) is 461 cm³/mol. The predicted octanol–water partition coefficient (Wildman–Crippen LogP) is -38.0. The first kappa shape index (κ1) is 59.6. The summed E-state index contributed by atoms with van der Waals surface area (Å²) in [5, 5.41) is 7.45. The van der Waals surface area contributed by atoms with Crippen LogP contribution in [0.15, 0.2) is 8.83 Å². The van der Waals surface area contributed by atoms with Crippen LogP contribution in [0.5, 0.6) is 0 Å². The van der Waals surface area contributed by atoms with Crippen LogP contribution >= 0.6 is 0 Å². The minimum absolute atomic E-state index is 0.0753. The zero-order valence-corrected chi connectivity index (χ0v) is 56.7. The van der Waals surface area contributed by atoms with Gasteiger partial charge in [0.25, 0.3) is 0 Å². The first-order valence-corrected chi connectivity index (χ1v) is 30.9. The monoisotopic (exact) mass is 1070 g/mol. The van der Waals surface area contributed by atoms with Gasteiger partial charge in [-0.2, -0.15) is 0 Å². The van der Waals surface area contributed by atoms with Crippen molar-refractivity contribution in [1.82, 2.24) is 19.5 Å². The fraction of sp³-hybridized carbons (Fsp3) is 0.0200. The molecular formula is C50H59B29N4O2. The lowest BCUT2D eigenvalue weighted by molar-refractivity contribution is 0.575. The minimum atomic E-state index is -0.0753. The topological polar surface area (TPSA) is 69.9 Å². The molecule has 1 atom stereocenters. The van der Waals surface area contributed by atoms with E-state index in [0.29, 0.717) is 17.5 Å². The van der Waals surface area contributed by atoms with Crippen LogP contribution in [0, 0.1) is 0 Å². The lowest BCUT2D eigenvalue weighted by Gasteiger charge is -2.27. The number of rotatable bonds is 5. The molecule has 4 heterocycles. The lowest BCUT2D eigenvalue weighted by atomic mass is 9.57. The molecule has 0 aliphatic heterocycles. The Kier molecular flexibility index (Phi) is 14.2. The van der Waals surface area contributed by atoms with Crippen LogP contribution in [0.1, 0.15) is 6.04 Å². The summed E-state index contributed by atoms with van der Waals surface area (Å²) < 4.78 is 17.5. The van der Waals surface area contributed by atoms with E-state index in [9.17, 15) is 0 Å². The highest BCUT2D eigenvalue weighted by atomic mass is 16.3. The highest BCUT2D eigenvalue weighted by Crippen LogP contribution is 2.37. The minimum Gasteiger partial charge on any atom is -0.458 e. The van der Waals surface area contributed by atoms with Crippen molar-refractivity contribution in [3.05, 3.63) is 10.6 Å². The molecule has 0 spiro atoms. The number of nitrogens with zero attached hydrogens (tertiary/aromatic N) is 4. The Morgan fingerprint density at radius 3 is 1.06 bits per heavy atom. The van der Waals surface area contributed by atoms with Crippen molar-refractivity contribution in [1.29, 1.82) is 0 Å². The van der Waals surface area contributed by atoms with E-state index in [2.05, 4.69) is 232 Å². The summed E-state index contributed by atoms with van der Waals surface area (Å²) in [5.74, 6) is 1.91. The number of hydrogen-bond donors (Lipinski definition) is 0. The summed E-state index contributed by atoms with van der Waals surface area (Å²) in [5.41, 5.74) is 48.9. The Morgan fingerprint density at radius 2 is 0.541 bits per heavy atom. The SMILES string of the molecule is BC1=c2oc3c(B)c(-c4nc(-c5c(B)c(B)c(B)c(B)c5B)nc(-c5c(B)c(B)c(B)c6c5oc5c(B)c(B)c(B)c(B)c56)n4)c(B)c(B)c3c2=C(B)C1n1c2c(B)c(B)c(B)c(B)c2c2c(B)c(B)c(-c3c(B)c(B)c(B)c(B)c3B)c(B)c21. The maximum absolute atomic E-state index is 7.54. The first-order chi connectivity index (χ1) is 39.8. The third-order valence-corrected chi connectivity index (χ3v) is 23.4. The van der Waals surface area contributed by atoms with Crippen molar-refractivity contribution < 1.29 is 8.83 Å². The van der Waals surface area contributed by atoms with Gasteiger partial charge in [-0.25, -0.2) is 15.0 Å². The number of hydrogen-bond acceptors (Lipinski definition) is 5. The quantitative estimate of drug-likeness (QED) is 0.161. The molecule has 378 valence electrons. The first-order valence-electron chi connectivity index (χ1n) is 30.9. The highest BCUT2D eigenvalue weighted by Gasteiger charge is 2.35. The summed E-state index contributed by atoms with van der Waals surface area (Å²) in [4.78, 5) is 16.9. The van der Waals surface area contributed by atoms with Gasteiger partial charge in [0.05, 0.1) is 11.6 Å². The number of fused-ring (bicyclic) bond motifs is 9. The fourth-order valence-corrected chi connectivity index (χ4v) is 16.2. The van der Waals surface area contributed by atoms with E-state index in [0.717, 1.165) is 60.6 Å². The van der Waals surface area contributed by atoms with Gasteiger partial charge >= 0.3 is 0 Å². The number of aromatic nitrogens is 4. The molecule has 11 aromatic rings. The number of furan rings is 2. The Labute approximate surface area is 527 Å². The molecule has 7 aromatic carbocycles. The maximum Gasteiger partial charge on any atom is 0.167 e. The van der Waals surface area contributed by atoms with Crippen molar-refractivity contribution >= 4 is 441 Å². The summed E-state index contributed by atoms with van der Waals surface area (Å²) in [6.07, 6.45) is 0. The average Bonchev–Trinajstić information content (AvgIpc) is 1.90. The molecule has 1 aliphatic rings. The third kappa shape index (κ3) is 7.77. The molecule has 85 heavy (non-hydrogen) atoms. The van der Waals surface area contributed by atoms with E-state index in [-0.39, 0.29) is 6.04 Å². The molecule has 1 aliphatic carbocycles. The van der Waals surface area contributed by atoms with Gasteiger partial charge in [0, 0.05) is 43.5 Å². The van der Waals surface area contributed by atoms with Crippen LogP contribution < -0.4 is 158 Å². The van der Waals surface area contributed by atoms with Gasteiger partial charge in [0.1, 0.15) is 250 Å². The summed E-state index contributed by atoms with van der Waals surface area (Å²) >= 11 is 0. The van der Waals surface area contributed by atoms with Gasteiger partial charge in [0.2, 0.25) is 0 Å². The second-order valence-electron chi connectivity index (χ2n) is 26.7. The summed E-state index contributed by atoms with van der Waals surface area (Å²) in [6.45, 7) is 0. The van der Waals surface area contributed by atoms with Crippen molar-refractivity contribution in [2.24, 2.45) is 0 Å². The zero-order valence-electron chi connectivity index (χ0n) is 56.7. The van der Waals surface area contributed by atoms with Crippen molar-refractivity contribution in [3.63, 3.8) is 0 Å². The Bertz CT molecular complexity index is 5150. The molecule has 0 amide bonds. The van der Waals surface area contributed by atoms with E-state index in [1.165, 1.54) is 191 Å². The van der Waals surface area contributed by atoms with Gasteiger partial charge in [-0.3, -0.25) is 0 Å². The molecular weight excluding hydrogens is 1000 g/mol. The maximum atomic E-state index is 7.54. The van der Waals surface area contributed by atoms with Crippen molar-refractivity contribution in [3.8, 4) is 45.3 Å². The molecule has 35 heteroatoms. The van der Waals surface area contributed by atoms with E-state index in [1.54, 1.807) is 0 Å². The van der Waals surface area contributed by atoms with Crippen LogP contribution in [-0.2, 0) is 0 Å². The molecule has 1 unspecified atom stereocenters. The lowest BCUT2D eigenvalue weighted by Crippen LogP contribution is -2.56. The smallest absolute Gasteiger partial charge is 0.167 e. The standard InChI is InChI=1S/C50H59B29N4O2/c51-12-2(1-13(52)28(67)34(73)29(68)14(1)53)24(63)41-3(15(12)54)4-16(55)30(69)36(75)38(77)42(4)83(41)43-25(64)8-7-17(56)20(59)10(26(65)45(7)85-47(8)40(43)79)49-80-48(9-21(60)32(71)35(74)33(72)22(9)61)81-50(82-49)11-23(62)27(66)18(57)5-6-19(58)31(70)37(76)39(78)46(6)84-44(5)11/h43H,51-79H2. The molecule has 4 aromatic heterocycles. The van der Waals surface area contributed by atoms with E-state index < -0.39 is 0 Å². The molecule has 0 bridgehead atoms. The van der Waals surface area contributed by atoms with Crippen molar-refractivity contribution in [2.45, 2.75) is 6.04 Å². The van der Waals surface area contributed by atoms with Crippen LogP contribution in [-0.4, -0.2) is 247 Å². The van der Waals surface area contributed by atoms with Gasteiger partial charge in [0.15, 0.2) is 17.5 Å². The third-order valence-electron chi connectivity index (χ3n) is 23.4. The molecule has 12 rings (SSSR count). The van der Waals surface area contributed by atoms with E-state index in [4.69, 9.17) is 23.8 Å². The Morgan fingerprint density at radius 1 is 0.235 bits per heavy atom. The van der Waals surface area contributed by atoms with Crippen LogP contribution in [0.25, 0.3) is 111 Å². The number of benzene rings is 7. The van der Waals surface area contributed by atoms with Gasteiger partial charge < -0.3 is 13.4 Å². The van der Waals surface area contributed by atoms with Crippen LogP contribution in [0.4, 0.5) is 0 Å². The average molecular weight is 1060 g/mol. The Hall–Kier alpha value is -5.69. The van der Waals surface area contributed by atoms with E-state index in [1.807, 2.05) is 0 Å². The fourth-order valence-electron chi connectivity index (χ4n) is 16.2. The largest absolute Gasteiger partial charge is 0.458 e. The van der Waals surface area contributed by atoms with Gasteiger partial charge in [-0.05, 0) is 32.8 Å². The molecule has 0 N–H and O–H groups in total.